The van der Waals surface area contributed by atoms with Gasteiger partial charge in [0, 0.05) is 23.8 Å². The fourth-order valence-corrected chi connectivity index (χ4v) is 2.94. The zero-order valence-corrected chi connectivity index (χ0v) is 11.5. The summed E-state index contributed by atoms with van der Waals surface area (Å²) >= 11 is 0. The molecule has 3 aromatic rings. The molecule has 0 spiro atoms. The molecule has 2 aromatic heterocycles. The van der Waals surface area contributed by atoms with E-state index in [1.54, 1.807) is 24.4 Å². The Hall–Kier alpha value is -2.54. The van der Waals surface area contributed by atoms with Crippen molar-refractivity contribution in [2.45, 2.75) is 5.03 Å². The number of hydrogen-bond acceptors (Lipinski definition) is 4. The normalized spacial score (nSPS) is 11.5. The molecule has 0 amide bonds. The molecule has 0 aliphatic carbocycles. The number of halogens is 1. The number of para-hydroxylation sites is 1. The Morgan fingerprint density at radius 2 is 1.81 bits per heavy atom. The van der Waals surface area contributed by atoms with Crippen LogP contribution in [0.3, 0.4) is 0 Å². The van der Waals surface area contributed by atoms with Gasteiger partial charge in [0.15, 0.2) is 5.03 Å². The first-order valence-corrected chi connectivity index (χ1v) is 7.53. The van der Waals surface area contributed by atoms with Gasteiger partial charge < -0.3 is 0 Å². The van der Waals surface area contributed by atoms with Gasteiger partial charge in [-0.3, -0.25) is 9.71 Å². The van der Waals surface area contributed by atoms with Crippen LogP contribution in [0.1, 0.15) is 0 Å². The third-order valence-electron chi connectivity index (χ3n) is 2.85. The number of sulfonamides is 1. The Morgan fingerprint density at radius 3 is 2.62 bits per heavy atom. The van der Waals surface area contributed by atoms with Crippen molar-refractivity contribution in [2.75, 3.05) is 4.72 Å². The summed E-state index contributed by atoms with van der Waals surface area (Å²) in [4.78, 5) is 7.83. The number of nitrogens with zero attached hydrogens (tertiary/aromatic N) is 2. The SMILES string of the molecule is O=S(=O)(Nc1cccc2cccnc12)c1cc(F)ccn1. The monoisotopic (exact) mass is 303 g/mol. The summed E-state index contributed by atoms with van der Waals surface area (Å²) in [5.74, 6) is -0.665. The molecule has 0 saturated carbocycles. The van der Waals surface area contributed by atoms with Gasteiger partial charge in [-0.1, -0.05) is 18.2 Å². The van der Waals surface area contributed by atoms with E-state index in [-0.39, 0.29) is 5.03 Å². The second kappa shape index (κ2) is 5.10. The molecule has 0 bridgehead atoms. The predicted molar refractivity (Wildman–Crippen MR) is 76.7 cm³/mol. The van der Waals surface area contributed by atoms with Gasteiger partial charge in [0.1, 0.15) is 5.82 Å². The van der Waals surface area contributed by atoms with E-state index in [4.69, 9.17) is 0 Å². The molecule has 21 heavy (non-hydrogen) atoms. The van der Waals surface area contributed by atoms with Crippen LogP contribution >= 0.6 is 0 Å². The fraction of sp³-hybridized carbons (Fsp3) is 0. The van der Waals surface area contributed by atoms with Gasteiger partial charge in [-0.05, 0) is 18.2 Å². The number of nitrogens with one attached hydrogen (secondary N) is 1. The highest BCUT2D eigenvalue weighted by atomic mass is 32.2. The van der Waals surface area contributed by atoms with Crippen LogP contribution in [0.5, 0.6) is 0 Å². The summed E-state index contributed by atoms with van der Waals surface area (Å²) in [5.41, 5.74) is 0.833. The Morgan fingerprint density at radius 1 is 1.00 bits per heavy atom. The molecular formula is C14H10FN3O2S. The van der Waals surface area contributed by atoms with Gasteiger partial charge in [0.05, 0.1) is 11.2 Å². The molecule has 1 N–H and O–H groups in total. The topological polar surface area (TPSA) is 72.0 Å². The lowest BCUT2D eigenvalue weighted by Crippen LogP contribution is -2.15. The number of hydrogen-bond donors (Lipinski definition) is 1. The Bertz CT molecular complexity index is 907. The van der Waals surface area contributed by atoms with Gasteiger partial charge in [-0.2, -0.15) is 8.42 Å². The zero-order valence-electron chi connectivity index (χ0n) is 10.7. The van der Waals surface area contributed by atoms with E-state index < -0.39 is 15.8 Å². The summed E-state index contributed by atoms with van der Waals surface area (Å²) in [6.07, 6.45) is 2.67. The summed E-state index contributed by atoms with van der Waals surface area (Å²) in [5, 5.41) is 0.417. The number of pyridine rings is 2. The first kappa shape index (κ1) is 13.4. The molecule has 0 atom stereocenters. The van der Waals surface area contributed by atoms with E-state index in [1.807, 2.05) is 12.1 Å². The van der Waals surface area contributed by atoms with Crippen molar-refractivity contribution in [1.82, 2.24) is 9.97 Å². The van der Waals surface area contributed by atoms with Crippen molar-refractivity contribution in [3.63, 3.8) is 0 Å². The third kappa shape index (κ3) is 2.68. The molecule has 0 saturated heterocycles. The standard InChI is InChI=1S/C14H10FN3O2S/c15-11-6-8-16-13(9-11)21(19,20)18-12-5-1-3-10-4-2-7-17-14(10)12/h1-9,18H. The van der Waals surface area contributed by atoms with E-state index >= 15 is 0 Å². The molecule has 0 radical (unpaired) electrons. The highest BCUT2D eigenvalue weighted by Gasteiger charge is 2.18. The highest BCUT2D eigenvalue weighted by molar-refractivity contribution is 7.92. The lowest BCUT2D eigenvalue weighted by atomic mass is 10.2. The van der Waals surface area contributed by atoms with Gasteiger partial charge in [-0.15, -0.1) is 0 Å². The lowest BCUT2D eigenvalue weighted by molar-refractivity contribution is 0.589. The summed E-state index contributed by atoms with van der Waals surface area (Å²) in [6, 6.07) is 10.6. The van der Waals surface area contributed by atoms with Crippen LogP contribution < -0.4 is 4.72 Å². The molecule has 0 fully saturated rings. The maximum atomic E-state index is 13.1. The van der Waals surface area contributed by atoms with Crippen LogP contribution in [-0.2, 0) is 10.0 Å². The van der Waals surface area contributed by atoms with E-state index in [0.29, 0.717) is 11.2 Å². The summed E-state index contributed by atoms with van der Waals surface area (Å²) in [6.45, 7) is 0. The minimum atomic E-state index is -3.97. The minimum absolute atomic E-state index is 0.319. The van der Waals surface area contributed by atoms with Gasteiger partial charge in [-0.25, -0.2) is 9.37 Å². The molecule has 0 aliphatic heterocycles. The second-order valence-corrected chi connectivity index (χ2v) is 5.93. The van der Waals surface area contributed by atoms with Gasteiger partial charge in [0.2, 0.25) is 0 Å². The Labute approximate surface area is 120 Å². The number of benzene rings is 1. The average Bonchev–Trinajstić information content (AvgIpc) is 2.47. The van der Waals surface area contributed by atoms with Crippen LogP contribution in [0.2, 0.25) is 0 Å². The molecular weight excluding hydrogens is 293 g/mol. The molecule has 7 heteroatoms. The maximum Gasteiger partial charge on any atom is 0.279 e. The largest absolute Gasteiger partial charge is 0.279 e. The molecule has 0 unspecified atom stereocenters. The average molecular weight is 303 g/mol. The molecule has 106 valence electrons. The van der Waals surface area contributed by atoms with Crippen molar-refractivity contribution >= 4 is 26.6 Å². The number of fused-ring (bicyclic) bond motifs is 1. The van der Waals surface area contributed by atoms with Crippen molar-refractivity contribution in [3.05, 3.63) is 60.7 Å². The first-order chi connectivity index (χ1) is 10.1. The lowest BCUT2D eigenvalue weighted by Gasteiger charge is -2.09. The smallest absolute Gasteiger partial charge is 0.276 e. The number of rotatable bonds is 3. The van der Waals surface area contributed by atoms with Crippen LogP contribution in [-0.4, -0.2) is 18.4 Å². The Balaban J connectivity index is 2.06. The predicted octanol–water partition coefficient (Wildman–Crippen LogP) is 2.57. The van der Waals surface area contributed by atoms with Crippen LogP contribution in [0, 0.1) is 5.82 Å². The van der Waals surface area contributed by atoms with Crippen molar-refractivity contribution in [1.29, 1.82) is 0 Å². The summed E-state index contributed by atoms with van der Waals surface area (Å²) < 4.78 is 40.0. The van der Waals surface area contributed by atoms with Gasteiger partial charge in [0.25, 0.3) is 10.0 Å². The number of aromatic nitrogens is 2. The Kier molecular flexibility index (Phi) is 3.26. The van der Waals surface area contributed by atoms with E-state index in [0.717, 1.165) is 23.7 Å². The maximum absolute atomic E-state index is 13.1. The highest BCUT2D eigenvalue weighted by Crippen LogP contribution is 2.23. The molecule has 3 rings (SSSR count). The van der Waals surface area contributed by atoms with Crippen LogP contribution in [0.15, 0.2) is 59.9 Å². The van der Waals surface area contributed by atoms with E-state index in [1.165, 1.54) is 0 Å². The first-order valence-electron chi connectivity index (χ1n) is 6.04. The third-order valence-corrected chi connectivity index (χ3v) is 4.11. The summed E-state index contributed by atoms with van der Waals surface area (Å²) in [7, 11) is -3.97. The van der Waals surface area contributed by atoms with Gasteiger partial charge >= 0.3 is 0 Å². The molecule has 5 nitrogen and oxygen atoms in total. The quantitative estimate of drug-likeness (QED) is 0.807. The fourth-order valence-electron chi connectivity index (χ4n) is 1.92. The number of anilines is 1. The zero-order chi connectivity index (χ0) is 14.9. The van der Waals surface area contributed by atoms with Crippen molar-refractivity contribution in [3.8, 4) is 0 Å². The molecule has 0 aliphatic rings. The molecule has 2 heterocycles. The van der Waals surface area contributed by atoms with Crippen molar-refractivity contribution in [2.24, 2.45) is 0 Å². The van der Waals surface area contributed by atoms with Crippen molar-refractivity contribution < 1.29 is 12.8 Å². The minimum Gasteiger partial charge on any atom is -0.276 e. The van der Waals surface area contributed by atoms with E-state index in [9.17, 15) is 12.8 Å². The van der Waals surface area contributed by atoms with Crippen LogP contribution in [0.4, 0.5) is 10.1 Å². The molecule has 1 aromatic carbocycles. The second-order valence-electron chi connectivity index (χ2n) is 4.30. The van der Waals surface area contributed by atoms with Crippen LogP contribution in [0.25, 0.3) is 10.9 Å². The van der Waals surface area contributed by atoms with E-state index in [2.05, 4.69) is 14.7 Å².